The summed E-state index contributed by atoms with van der Waals surface area (Å²) in [4.78, 5) is 11.1. The number of ether oxygens (including phenoxy) is 1. The molecule has 0 saturated carbocycles. The summed E-state index contributed by atoms with van der Waals surface area (Å²) in [6, 6.07) is 3.55. The number of methoxy groups -OCH3 is 1. The Bertz CT molecular complexity index is 498. The van der Waals surface area contributed by atoms with Crippen LogP contribution in [-0.4, -0.2) is 32.5 Å². The van der Waals surface area contributed by atoms with Crippen LogP contribution < -0.4 is 11.0 Å². The topological polar surface area (TPSA) is 69.4 Å². The van der Waals surface area contributed by atoms with Crippen molar-refractivity contribution in [2.75, 3.05) is 20.4 Å². The lowest BCUT2D eigenvalue weighted by Gasteiger charge is -2.12. The lowest BCUT2D eigenvalue weighted by atomic mass is 10.1. The van der Waals surface area contributed by atoms with Crippen LogP contribution in [0.25, 0.3) is 0 Å². The molecule has 0 spiro atoms. The zero-order valence-electron chi connectivity index (χ0n) is 10.6. The van der Waals surface area contributed by atoms with Crippen molar-refractivity contribution < 1.29 is 18.5 Å². The number of benzene rings is 1. The van der Waals surface area contributed by atoms with Crippen LogP contribution >= 0.6 is 7.14 Å². The van der Waals surface area contributed by atoms with E-state index in [2.05, 4.69) is 4.74 Å². The fourth-order valence-electron chi connectivity index (χ4n) is 1.60. The van der Waals surface area contributed by atoms with Gasteiger partial charge in [0.25, 0.3) is 0 Å². The molecule has 1 aromatic carbocycles. The Labute approximate surface area is 106 Å². The van der Waals surface area contributed by atoms with Crippen molar-refractivity contribution in [1.29, 1.82) is 0 Å². The summed E-state index contributed by atoms with van der Waals surface area (Å²) >= 11 is 0. The van der Waals surface area contributed by atoms with Gasteiger partial charge >= 0.3 is 5.97 Å². The number of hydrogen-bond acceptors (Lipinski definition) is 4. The van der Waals surface area contributed by atoms with Crippen molar-refractivity contribution in [3.05, 3.63) is 29.6 Å². The monoisotopic (exact) mass is 273 g/mol. The summed E-state index contributed by atoms with van der Waals surface area (Å²) in [6.45, 7) is 3.01. The van der Waals surface area contributed by atoms with E-state index in [1.165, 1.54) is 32.6 Å². The molecule has 100 valence electrons. The Balaban J connectivity index is 2.92. The maximum atomic E-state index is 13.8. The molecule has 0 fully saturated rings. The van der Waals surface area contributed by atoms with Gasteiger partial charge in [0.05, 0.1) is 7.11 Å². The van der Waals surface area contributed by atoms with Gasteiger partial charge in [-0.25, -0.2) is 4.39 Å². The first-order chi connectivity index (χ1) is 8.25. The highest BCUT2D eigenvalue weighted by Gasteiger charge is 2.19. The number of hydrogen-bond donors (Lipinski definition) is 1. The maximum Gasteiger partial charge on any atom is 0.322 e. The molecule has 0 saturated heterocycles. The van der Waals surface area contributed by atoms with Crippen LogP contribution in [-0.2, 0) is 20.5 Å². The Hall–Kier alpha value is -1.19. The summed E-state index contributed by atoms with van der Waals surface area (Å²) in [7, 11) is -1.39. The molecular formula is C12H17FNO3P. The first-order valence-corrected chi connectivity index (χ1v) is 8.03. The van der Waals surface area contributed by atoms with Gasteiger partial charge in [-0.3, -0.25) is 4.79 Å². The van der Waals surface area contributed by atoms with Gasteiger partial charge in [0.2, 0.25) is 0 Å². The van der Waals surface area contributed by atoms with Crippen molar-refractivity contribution in [3.8, 4) is 0 Å². The molecule has 6 heteroatoms. The summed E-state index contributed by atoms with van der Waals surface area (Å²) in [6.07, 6.45) is 0.182. The van der Waals surface area contributed by atoms with Gasteiger partial charge in [0.1, 0.15) is 19.0 Å². The van der Waals surface area contributed by atoms with E-state index in [1.54, 1.807) is 6.07 Å². The molecule has 0 bridgehead atoms. The normalized spacial score (nSPS) is 13.2. The van der Waals surface area contributed by atoms with Crippen molar-refractivity contribution in [2.45, 2.75) is 12.5 Å². The Morgan fingerprint density at radius 3 is 2.56 bits per heavy atom. The molecule has 1 aromatic rings. The maximum absolute atomic E-state index is 13.8. The van der Waals surface area contributed by atoms with Crippen molar-refractivity contribution in [1.82, 2.24) is 0 Å². The Morgan fingerprint density at radius 1 is 1.50 bits per heavy atom. The minimum Gasteiger partial charge on any atom is -0.468 e. The van der Waals surface area contributed by atoms with E-state index in [1.807, 2.05) is 0 Å². The van der Waals surface area contributed by atoms with Crippen LogP contribution in [0.4, 0.5) is 4.39 Å². The Kier molecular flexibility index (Phi) is 4.65. The molecule has 0 aliphatic carbocycles. The molecule has 4 nitrogen and oxygen atoms in total. The van der Waals surface area contributed by atoms with Gasteiger partial charge in [-0.1, -0.05) is 6.07 Å². The SMILES string of the molecule is COC(=O)[C@@H](N)Cc1ccc(P(C)(C)=O)c(F)c1. The summed E-state index contributed by atoms with van der Waals surface area (Å²) in [5, 5.41) is 0.206. The fourth-order valence-corrected chi connectivity index (χ4v) is 2.62. The van der Waals surface area contributed by atoms with Crippen LogP contribution in [0.15, 0.2) is 18.2 Å². The van der Waals surface area contributed by atoms with Crippen LogP contribution in [0.5, 0.6) is 0 Å². The molecule has 0 heterocycles. The molecule has 0 aliphatic rings. The van der Waals surface area contributed by atoms with Crippen LogP contribution in [0.3, 0.4) is 0 Å². The molecule has 0 amide bonds. The van der Waals surface area contributed by atoms with E-state index >= 15 is 0 Å². The number of halogens is 1. The van der Waals surface area contributed by atoms with Gasteiger partial charge in [-0.2, -0.15) is 0 Å². The molecule has 0 aromatic heterocycles. The third-order valence-corrected chi connectivity index (χ3v) is 4.07. The highest BCUT2D eigenvalue weighted by Crippen LogP contribution is 2.35. The van der Waals surface area contributed by atoms with Crippen LogP contribution in [0.1, 0.15) is 5.56 Å². The Morgan fingerprint density at radius 2 is 2.11 bits per heavy atom. The number of carbonyl (C=O) groups is 1. The second-order valence-electron chi connectivity index (χ2n) is 4.47. The minimum atomic E-state index is -2.63. The van der Waals surface area contributed by atoms with E-state index in [0.717, 1.165) is 0 Å². The van der Waals surface area contributed by atoms with Gasteiger partial charge < -0.3 is 15.0 Å². The van der Waals surface area contributed by atoms with Crippen molar-refractivity contribution in [3.63, 3.8) is 0 Å². The average molecular weight is 273 g/mol. The van der Waals surface area contributed by atoms with Crippen molar-refractivity contribution in [2.24, 2.45) is 5.73 Å². The van der Waals surface area contributed by atoms with Gasteiger partial charge in [-0.05, 0) is 37.4 Å². The predicted molar refractivity (Wildman–Crippen MR) is 69.2 cm³/mol. The summed E-state index contributed by atoms with van der Waals surface area (Å²) in [5.41, 5.74) is 6.15. The van der Waals surface area contributed by atoms with Gasteiger partial charge in [0, 0.05) is 5.30 Å². The van der Waals surface area contributed by atoms with E-state index in [-0.39, 0.29) is 11.7 Å². The third-order valence-electron chi connectivity index (χ3n) is 2.55. The van der Waals surface area contributed by atoms with Crippen LogP contribution in [0.2, 0.25) is 0 Å². The molecular weight excluding hydrogens is 256 g/mol. The van der Waals surface area contributed by atoms with E-state index in [0.29, 0.717) is 5.56 Å². The molecule has 1 rings (SSSR count). The number of carbonyl (C=O) groups excluding carboxylic acids is 1. The minimum absolute atomic E-state index is 0.182. The fraction of sp³-hybridized carbons (Fsp3) is 0.417. The average Bonchev–Trinajstić information content (AvgIpc) is 2.26. The molecule has 0 aliphatic heterocycles. The quantitative estimate of drug-likeness (QED) is 0.659. The smallest absolute Gasteiger partial charge is 0.322 e. The van der Waals surface area contributed by atoms with Gasteiger partial charge in [-0.15, -0.1) is 0 Å². The van der Waals surface area contributed by atoms with Gasteiger partial charge in [0.15, 0.2) is 0 Å². The van der Waals surface area contributed by atoms with E-state index < -0.39 is 25.0 Å². The van der Waals surface area contributed by atoms with E-state index in [9.17, 15) is 13.8 Å². The van der Waals surface area contributed by atoms with E-state index in [4.69, 9.17) is 5.73 Å². The molecule has 2 N–H and O–H groups in total. The highest BCUT2D eigenvalue weighted by atomic mass is 31.2. The standard InChI is InChI=1S/C12H17FNO3P/c1-17-12(15)10(14)7-8-4-5-11(9(13)6-8)18(2,3)16/h4-6,10H,7,14H2,1-3H3/t10-/m0/s1. The second kappa shape index (κ2) is 5.63. The molecule has 18 heavy (non-hydrogen) atoms. The number of nitrogens with two attached hydrogens (primary N) is 1. The number of rotatable bonds is 4. The highest BCUT2D eigenvalue weighted by molar-refractivity contribution is 7.70. The molecule has 0 radical (unpaired) electrons. The van der Waals surface area contributed by atoms with Crippen molar-refractivity contribution >= 4 is 18.4 Å². The first kappa shape index (κ1) is 14.9. The predicted octanol–water partition coefficient (Wildman–Crippen LogP) is 1.12. The largest absolute Gasteiger partial charge is 0.468 e. The second-order valence-corrected chi connectivity index (χ2v) is 7.65. The number of esters is 1. The van der Waals surface area contributed by atoms with Crippen LogP contribution in [0, 0.1) is 5.82 Å². The molecule has 0 unspecified atom stereocenters. The lowest BCUT2D eigenvalue weighted by molar-refractivity contribution is -0.142. The zero-order chi connectivity index (χ0) is 13.9. The molecule has 1 atom stereocenters. The summed E-state index contributed by atoms with van der Waals surface area (Å²) < 4.78 is 30.0. The lowest BCUT2D eigenvalue weighted by Crippen LogP contribution is -2.33. The first-order valence-electron chi connectivity index (χ1n) is 5.43. The zero-order valence-corrected chi connectivity index (χ0v) is 11.5. The third kappa shape index (κ3) is 3.65. The summed E-state index contributed by atoms with van der Waals surface area (Å²) in [5.74, 6) is -1.07.